The molecule has 0 aliphatic heterocycles. The summed E-state index contributed by atoms with van der Waals surface area (Å²) >= 11 is 0. The Labute approximate surface area is 106 Å². The van der Waals surface area contributed by atoms with Crippen molar-refractivity contribution in [2.24, 2.45) is 11.7 Å². The number of nitrogens with one attached hydrogen (secondary N) is 1. The minimum atomic E-state index is 0.150. The third kappa shape index (κ3) is 4.94. The SMILES string of the molecule is CCCC1CCCC(CN)(NCCCO)CC1. The Morgan fingerprint density at radius 2 is 2.18 bits per heavy atom. The van der Waals surface area contributed by atoms with E-state index in [2.05, 4.69) is 12.2 Å². The molecule has 3 heteroatoms. The minimum Gasteiger partial charge on any atom is -0.396 e. The quantitative estimate of drug-likeness (QED) is 0.473. The second kappa shape index (κ2) is 8.06. The van der Waals surface area contributed by atoms with E-state index >= 15 is 0 Å². The van der Waals surface area contributed by atoms with Gasteiger partial charge in [0, 0.05) is 18.7 Å². The lowest BCUT2D eigenvalue weighted by Gasteiger charge is -2.33. The Bertz CT molecular complexity index is 199. The van der Waals surface area contributed by atoms with Gasteiger partial charge in [-0.3, -0.25) is 0 Å². The molecule has 1 fully saturated rings. The van der Waals surface area contributed by atoms with E-state index < -0.39 is 0 Å². The molecule has 1 saturated carbocycles. The Kier molecular flexibility index (Phi) is 7.09. The van der Waals surface area contributed by atoms with Crippen LogP contribution in [0.15, 0.2) is 0 Å². The van der Waals surface area contributed by atoms with Gasteiger partial charge in [0.1, 0.15) is 0 Å². The van der Waals surface area contributed by atoms with Crippen molar-refractivity contribution in [3.63, 3.8) is 0 Å². The zero-order valence-electron chi connectivity index (χ0n) is 11.4. The number of hydrogen-bond acceptors (Lipinski definition) is 3. The molecular weight excluding hydrogens is 212 g/mol. The van der Waals surface area contributed by atoms with Gasteiger partial charge in [0.05, 0.1) is 0 Å². The third-order valence-electron chi connectivity index (χ3n) is 4.22. The molecular formula is C14H30N2O. The lowest BCUT2D eigenvalue weighted by atomic mass is 9.89. The van der Waals surface area contributed by atoms with Gasteiger partial charge in [-0.2, -0.15) is 0 Å². The summed E-state index contributed by atoms with van der Waals surface area (Å²) in [6.45, 7) is 4.18. The van der Waals surface area contributed by atoms with E-state index in [4.69, 9.17) is 10.8 Å². The highest BCUT2D eigenvalue weighted by Crippen LogP contribution is 2.32. The molecule has 1 rings (SSSR count). The summed E-state index contributed by atoms with van der Waals surface area (Å²) < 4.78 is 0. The molecule has 0 aromatic carbocycles. The largest absolute Gasteiger partial charge is 0.396 e. The Morgan fingerprint density at radius 3 is 2.82 bits per heavy atom. The first kappa shape index (κ1) is 14.9. The molecule has 0 amide bonds. The van der Waals surface area contributed by atoms with Gasteiger partial charge in [0.25, 0.3) is 0 Å². The molecule has 0 aromatic rings. The van der Waals surface area contributed by atoms with Gasteiger partial charge in [-0.25, -0.2) is 0 Å². The fraction of sp³-hybridized carbons (Fsp3) is 1.00. The van der Waals surface area contributed by atoms with Gasteiger partial charge in [-0.15, -0.1) is 0 Å². The van der Waals surface area contributed by atoms with Crippen LogP contribution in [0.3, 0.4) is 0 Å². The standard InChI is InChI=1S/C14H30N2O/c1-2-5-13-6-3-8-14(12-15,9-7-13)16-10-4-11-17/h13,16-17H,2-12,15H2,1H3. The summed E-state index contributed by atoms with van der Waals surface area (Å²) in [5.41, 5.74) is 6.13. The fourth-order valence-corrected chi connectivity index (χ4v) is 3.06. The van der Waals surface area contributed by atoms with Crippen LogP contribution in [-0.2, 0) is 0 Å². The zero-order chi connectivity index (χ0) is 12.6. The van der Waals surface area contributed by atoms with E-state index in [0.29, 0.717) is 0 Å². The van der Waals surface area contributed by atoms with Crippen LogP contribution in [0.4, 0.5) is 0 Å². The summed E-state index contributed by atoms with van der Waals surface area (Å²) in [4.78, 5) is 0. The van der Waals surface area contributed by atoms with Crippen LogP contribution in [0.1, 0.15) is 58.3 Å². The number of aliphatic hydroxyl groups is 1. The summed E-state index contributed by atoms with van der Waals surface area (Å²) in [6.07, 6.45) is 9.91. The van der Waals surface area contributed by atoms with Gasteiger partial charge >= 0.3 is 0 Å². The van der Waals surface area contributed by atoms with Crippen molar-refractivity contribution < 1.29 is 5.11 Å². The molecule has 1 aliphatic carbocycles. The molecule has 102 valence electrons. The van der Waals surface area contributed by atoms with E-state index in [1.165, 1.54) is 44.9 Å². The highest BCUT2D eigenvalue weighted by atomic mass is 16.3. The van der Waals surface area contributed by atoms with Crippen molar-refractivity contribution in [1.29, 1.82) is 0 Å². The third-order valence-corrected chi connectivity index (χ3v) is 4.22. The number of aliphatic hydroxyl groups excluding tert-OH is 1. The van der Waals surface area contributed by atoms with Crippen molar-refractivity contribution in [2.75, 3.05) is 19.7 Å². The minimum absolute atomic E-state index is 0.150. The van der Waals surface area contributed by atoms with Crippen molar-refractivity contribution in [3.8, 4) is 0 Å². The smallest absolute Gasteiger partial charge is 0.0443 e. The van der Waals surface area contributed by atoms with Gasteiger partial charge in [0.2, 0.25) is 0 Å². The fourth-order valence-electron chi connectivity index (χ4n) is 3.06. The average molecular weight is 242 g/mol. The van der Waals surface area contributed by atoms with Gasteiger partial charge in [-0.05, 0) is 38.1 Å². The molecule has 3 nitrogen and oxygen atoms in total. The predicted octanol–water partition coefficient (Wildman–Crippen LogP) is 2.04. The highest BCUT2D eigenvalue weighted by molar-refractivity contribution is 4.91. The maximum atomic E-state index is 8.85. The lowest BCUT2D eigenvalue weighted by Crippen LogP contribution is -2.51. The van der Waals surface area contributed by atoms with Crippen LogP contribution in [0, 0.1) is 5.92 Å². The first-order chi connectivity index (χ1) is 8.26. The first-order valence-electron chi connectivity index (χ1n) is 7.32. The van der Waals surface area contributed by atoms with Crippen LogP contribution < -0.4 is 11.1 Å². The highest BCUT2D eigenvalue weighted by Gasteiger charge is 2.30. The van der Waals surface area contributed by atoms with E-state index in [-0.39, 0.29) is 12.1 Å². The molecule has 1 aliphatic rings. The second-order valence-corrected chi connectivity index (χ2v) is 5.57. The van der Waals surface area contributed by atoms with Crippen LogP contribution in [-0.4, -0.2) is 30.3 Å². The van der Waals surface area contributed by atoms with Crippen molar-refractivity contribution >= 4 is 0 Å². The number of nitrogens with two attached hydrogens (primary N) is 1. The lowest BCUT2D eigenvalue weighted by molar-refractivity contribution is 0.252. The molecule has 2 atom stereocenters. The molecule has 0 saturated heterocycles. The van der Waals surface area contributed by atoms with Crippen LogP contribution >= 0.6 is 0 Å². The van der Waals surface area contributed by atoms with Crippen molar-refractivity contribution in [2.45, 2.75) is 63.8 Å². The molecule has 2 unspecified atom stereocenters. The molecule has 0 heterocycles. The second-order valence-electron chi connectivity index (χ2n) is 5.57. The molecule has 0 radical (unpaired) electrons. The Morgan fingerprint density at radius 1 is 1.35 bits per heavy atom. The Hall–Kier alpha value is -0.120. The topological polar surface area (TPSA) is 58.3 Å². The van der Waals surface area contributed by atoms with E-state index in [0.717, 1.165) is 25.4 Å². The summed E-state index contributed by atoms with van der Waals surface area (Å²) in [6, 6.07) is 0. The Balaban J connectivity index is 2.43. The van der Waals surface area contributed by atoms with Gasteiger partial charge < -0.3 is 16.2 Å². The molecule has 0 aromatic heterocycles. The van der Waals surface area contributed by atoms with Crippen LogP contribution in [0.25, 0.3) is 0 Å². The number of rotatable bonds is 7. The maximum Gasteiger partial charge on any atom is 0.0443 e. The molecule has 0 bridgehead atoms. The zero-order valence-corrected chi connectivity index (χ0v) is 11.4. The van der Waals surface area contributed by atoms with Crippen molar-refractivity contribution in [1.82, 2.24) is 5.32 Å². The van der Waals surface area contributed by atoms with Crippen molar-refractivity contribution in [3.05, 3.63) is 0 Å². The van der Waals surface area contributed by atoms with Crippen LogP contribution in [0.2, 0.25) is 0 Å². The summed E-state index contributed by atoms with van der Waals surface area (Å²) in [5, 5.41) is 12.5. The predicted molar refractivity (Wildman–Crippen MR) is 73.0 cm³/mol. The number of hydrogen-bond donors (Lipinski definition) is 3. The van der Waals surface area contributed by atoms with Crippen LogP contribution in [0.5, 0.6) is 0 Å². The summed E-state index contributed by atoms with van der Waals surface area (Å²) in [5.74, 6) is 0.910. The first-order valence-corrected chi connectivity index (χ1v) is 7.32. The van der Waals surface area contributed by atoms with E-state index in [1.54, 1.807) is 0 Å². The average Bonchev–Trinajstić information content (AvgIpc) is 2.54. The van der Waals surface area contributed by atoms with E-state index in [1.807, 2.05) is 0 Å². The monoisotopic (exact) mass is 242 g/mol. The van der Waals surface area contributed by atoms with Gasteiger partial charge in [0.15, 0.2) is 0 Å². The van der Waals surface area contributed by atoms with Gasteiger partial charge in [-0.1, -0.05) is 32.6 Å². The molecule has 0 spiro atoms. The molecule has 17 heavy (non-hydrogen) atoms. The van der Waals surface area contributed by atoms with E-state index in [9.17, 15) is 0 Å². The molecule has 4 N–H and O–H groups in total. The maximum absolute atomic E-state index is 8.85. The summed E-state index contributed by atoms with van der Waals surface area (Å²) in [7, 11) is 0. The normalized spacial score (nSPS) is 30.2.